The minimum Gasteiger partial charge on any atom is -0.381 e. The molecule has 1 aliphatic rings. The third kappa shape index (κ3) is 4.18. The highest BCUT2D eigenvalue weighted by atomic mass is 16.5. The van der Waals surface area contributed by atoms with Gasteiger partial charge in [-0.25, -0.2) is 9.67 Å². The number of anilines is 1. The molecule has 2 aromatic heterocycles. The average molecular weight is 407 g/mol. The Morgan fingerprint density at radius 2 is 1.93 bits per heavy atom. The Kier molecular flexibility index (Phi) is 6.04. The standard InChI is InChI=1S/C22H25N5O3/c1-2-27-21-17(13-25-27)20(26-16-8-10-30-11-9-16)18(12-23-21)22(29)24-14-19(28)15-6-4-3-5-7-15/h3-7,12-13,16H,2,8-11,14H2,1H3,(H,23,26)(H,24,29). The molecule has 1 aromatic carbocycles. The molecule has 3 aromatic rings. The van der Waals surface area contributed by atoms with Gasteiger partial charge in [0, 0.05) is 37.6 Å². The molecular weight excluding hydrogens is 382 g/mol. The zero-order chi connectivity index (χ0) is 20.9. The summed E-state index contributed by atoms with van der Waals surface area (Å²) in [5, 5.41) is 11.4. The molecule has 4 rings (SSSR count). The average Bonchev–Trinajstić information content (AvgIpc) is 3.22. The van der Waals surface area contributed by atoms with Crippen molar-refractivity contribution in [3.63, 3.8) is 0 Å². The van der Waals surface area contributed by atoms with Crippen LogP contribution in [0.5, 0.6) is 0 Å². The predicted octanol–water partition coefficient (Wildman–Crippen LogP) is 2.65. The molecule has 0 aliphatic carbocycles. The van der Waals surface area contributed by atoms with E-state index in [4.69, 9.17) is 4.74 Å². The number of aryl methyl sites for hydroxylation is 1. The second-order valence-electron chi connectivity index (χ2n) is 7.25. The van der Waals surface area contributed by atoms with Crippen LogP contribution in [0.4, 0.5) is 5.69 Å². The minimum absolute atomic E-state index is 0.0776. The molecule has 1 fully saturated rings. The van der Waals surface area contributed by atoms with E-state index in [9.17, 15) is 9.59 Å². The Hall–Kier alpha value is -3.26. The zero-order valence-corrected chi connectivity index (χ0v) is 16.9. The number of hydrogen-bond donors (Lipinski definition) is 2. The number of carbonyl (C=O) groups excluding carboxylic acids is 2. The summed E-state index contributed by atoms with van der Waals surface area (Å²) in [6.45, 7) is 3.98. The molecule has 1 amide bonds. The van der Waals surface area contributed by atoms with E-state index in [1.807, 2.05) is 13.0 Å². The lowest BCUT2D eigenvalue weighted by molar-refractivity contribution is 0.0897. The maximum absolute atomic E-state index is 13.0. The van der Waals surface area contributed by atoms with Gasteiger partial charge in [-0.1, -0.05) is 30.3 Å². The molecule has 1 aliphatic heterocycles. The fourth-order valence-electron chi connectivity index (χ4n) is 3.61. The summed E-state index contributed by atoms with van der Waals surface area (Å²) >= 11 is 0. The number of Topliss-reactive ketones (excluding diaryl/α,β-unsaturated/α-hetero) is 1. The van der Waals surface area contributed by atoms with E-state index >= 15 is 0 Å². The van der Waals surface area contributed by atoms with E-state index in [2.05, 4.69) is 20.7 Å². The largest absolute Gasteiger partial charge is 0.381 e. The Morgan fingerprint density at radius 3 is 2.67 bits per heavy atom. The molecular formula is C22H25N5O3. The van der Waals surface area contributed by atoms with Crippen LogP contribution in [0, 0.1) is 0 Å². The van der Waals surface area contributed by atoms with Crippen molar-refractivity contribution in [1.82, 2.24) is 20.1 Å². The van der Waals surface area contributed by atoms with E-state index in [0.29, 0.717) is 36.6 Å². The maximum atomic E-state index is 13.0. The fraction of sp³-hybridized carbons (Fsp3) is 0.364. The first-order valence-electron chi connectivity index (χ1n) is 10.2. The van der Waals surface area contributed by atoms with Gasteiger partial charge in [-0.2, -0.15) is 5.10 Å². The number of ether oxygens (including phenoxy) is 1. The summed E-state index contributed by atoms with van der Waals surface area (Å²) in [6, 6.07) is 9.12. The van der Waals surface area contributed by atoms with Gasteiger partial charge in [0.2, 0.25) is 0 Å². The van der Waals surface area contributed by atoms with Crippen LogP contribution >= 0.6 is 0 Å². The van der Waals surface area contributed by atoms with E-state index in [-0.39, 0.29) is 24.3 Å². The van der Waals surface area contributed by atoms with Crippen molar-refractivity contribution in [1.29, 1.82) is 0 Å². The van der Waals surface area contributed by atoms with Gasteiger partial charge < -0.3 is 15.4 Å². The third-order valence-electron chi connectivity index (χ3n) is 5.29. The predicted molar refractivity (Wildman–Crippen MR) is 114 cm³/mol. The molecule has 0 atom stereocenters. The van der Waals surface area contributed by atoms with Crippen LogP contribution in [-0.2, 0) is 11.3 Å². The summed E-state index contributed by atoms with van der Waals surface area (Å²) in [5.41, 5.74) is 2.40. The van der Waals surface area contributed by atoms with Gasteiger partial charge in [0.1, 0.15) is 0 Å². The van der Waals surface area contributed by atoms with Crippen LogP contribution in [0.2, 0.25) is 0 Å². The maximum Gasteiger partial charge on any atom is 0.255 e. The zero-order valence-electron chi connectivity index (χ0n) is 16.9. The van der Waals surface area contributed by atoms with Crippen molar-refractivity contribution in [2.75, 3.05) is 25.1 Å². The Morgan fingerprint density at radius 1 is 1.17 bits per heavy atom. The molecule has 0 unspecified atom stereocenters. The summed E-state index contributed by atoms with van der Waals surface area (Å²) in [4.78, 5) is 29.8. The minimum atomic E-state index is -0.340. The Bertz CT molecular complexity index is 1040. The molecule has 8 heteroatoms. The van der Waals surface area contributed by atoms with Crippen molar-refractivity contribution in [2.45, 2.75) is 32.4 Å². The van der Waals surface area contributed by atoms with Crippen LogP contribution in [-0.4, -0.2) is 52.3 Å². The van der Waals surface area contributed by atoms with Gasteiger partial charge in [-0.3, -0.25) is 9.59 Å². The fourth-order valence-corrected chi connectivity index (χ4v) is 3.61. The highest BCUT2D eigenvalue weighted by Gasteiger charge is 2.22. The van der Waals surface area contributed by atoms with Crippen LogP contribution in [0.15, 0.2) is 42.7 Å². The Balaban J connectivity index is 1.59. The molecule has 2 N–H and O–H groups in total. The second kappa shape index (κ2) is 9.04. The summed E-state index contributed by atoms with van der Waals surface area (Å²) in [7, 11) is 0. The van der Waals surface area contributed by atoms with Crippen LogP contribution in [0.25, 0.3) is 11.0 Å². The van der Waals surface area contributed by atoms with Crippen molar-refractivity contribution in [3.8, 4) is 0 Å². The number of hydrogen-bond acceptors (Lipinski definition) is 6. The number of nitrogens with one attached hydrogen (secondary N) is 2. The molecule has 8 nitrogen and oxygen atoms in total. The van der Waals surface area contributed by atoms with Gasteiger partial charge in [0.15, 0.2) is 11.4 Å². The molecule has 0 spiro atoms. The van der Waals surface area contributed by atoms with E-state index in [1.165, 1.54) is 0 Å². The molecule has 3 heterocycles. The number of benzene rings is 1. The summed E-state index contributed by atoms with van der Waals surface area (Å²) < 4.78 is 7.24. The number of nitrogens with zero attached hydrogens (tertiary/aromatic N) is 3. The van der Waals surface area contributed by atoms with E-state index in [0.717, 1.165) is 23.9 Å². The molecule has 156 valence electrons. The molecule has 30 heavy (non-hydrogen) atoms. The second-order valence-corrected chi connectivity index (χ2v) is 7.25. The smallest absolute Gasteiger partial charge is 0.255 e. The van der Waals surface area contributed by atoms with E-state index < -0.39 is 0 Å². The number of aromatic nitrogens is 3. The topological polar surface area (TPSA) is 98.1 Å². The highest BCUT2D eigenvalue weighted by molar-refractivity contribution is 6.08. The van der Waals surface area contributed by atoms with Gasteiger partial charge in [0.25, 0.3) is 5.91 Å². The quantitative estimate of drug-likeness (QED) is 0.585. The van der Waals surface area contributed by atoms with Gasteiger partial charge >= 0.3 is 0 Å². The normalized spacial score (nSPS) is 14.6. The van der Waals surface area contributed by atoms with Crippen molar-refractivity contribution >= 4 is 28.4 Å². The van der Waals surface area contributed by atoms with Gasteiger partial charge in [-0.05, 0) is 19.8 Å². The number of amides is 1. The van der Waals surface area contributed by atoms with Crippen LogP contribution < -0.4 is 10.6 Å². The molecule has 0 bridgehead atoms. The first-order chi connectivity index (χ1) is 14.7. The Labute approximate surface area is 174 Å². The van der Waals surface area contributed by atoms with Crippen LogP contribution in [0.1, 0.15) is 40.5 Å². The number of fused-ring (bicyclic) bond motifs is 1. The highest BCUT2D eigenvalue weighted by Crippen LogP contribution is 2.28. The molecule has 0 saturated carbocycles. The van der Waals surface area contributed by atoms with Crippen LogP contribution in [0.3, 0.4) is 0 Å². The lowest BCUT2D eigenvalue weighted by atomic mass is 10.1. The molecule has 1 saturated heterocycles. The number of pyridine rings is 1. The summed E-state index contributed by atoms with van der Waals surface area (Å²) in [6.07, 6.45) is 5.01. The van der Waals surface area contributed by atoms with Crippen molar-refractivity contribution < 1.29 is 14.3 Å². The lowest BCUT2D eigenvalue weighted by Crippen LogP contribution is -2.32. The van der Waals surface area contributed by atoms with Gasteiger partial charge in [0.05, 0.1) is 29.4 Å². The van der Waals surface area contributed by atoms with Gasteiger partial charge in [-0.15, -0.1) is 0 Å². The molecule has 0 radical (unpaired) electrons. The third-order valence-corrected chi connectivity index (χ3v) is 5.29. The number of ketones is 1. The lowest BCUT2D eigenvalue weighted by Gasteiger charge is -2.25. The first kappa shape index (κ1) is 20.0. The summed E-state index contributed by atoms with van der Waals surface area (Å²) in [5.74, 6) is -0.483. The number of carbonyl (C=O) groups is 2. The van der Waals surface area contributed by atoms with E-state index in [1.54, 1.807) is 41.3 Å². The SMILES string of the molecule is CCn1ncc2c(NC3CCOCC3)c(C(=O)NCC(=O)c3ccccc3)cnc21. The number of rotatable bonds is 7. The monoisotopic (exact) mass is 407 g/mol. The van der Waals surface area contributed by atoms with Crippen molar-refractivity contribution in [3.05, 3.63) is 53.9 Å². The first-order valence-corrected chi connectivity index (χ1v) is 10.2. The van der Waals surface area contributed by atoms with Crippen molar-refractivity contribution in [2.24, 2.45) is 0 Å².